The fourth-order valence-corrected chi connectivity index (χ4v) is 1.52. The molecule has 4 nitrogen and oxygen atoms in total. The van der Waals surface area contributed by atoms with E-state index >= 15 is 0 Å². The molecule has 4 heteroatoms. The normalized spacial score (nSPS) is 10.9. The summed E-state index contributed by atoms with van der Waals surface area (Å²) in [6, 6.07) is 0. The minimum Gasteiger partial charge on any atom is -0.330 e. The third kappa shape index (κ3) is 11.2. The van der Waals surface area contributed by atoms with Crippen LogP contribution in [0, 0.1) is 0 Å². The molecule has 0 fully saturated rings. The molecule has 0 aromatic carbocycles. The van der Waals surface area contributed by atoms with Gasteiger partial charge < -0.3 is 5.73 Å². The number of allylic oxidation sites excluding steroid dienone is 1. The van der Waals surface area contributed by atoms with Crippen molar-refractivity contribution in [2.75, 3.05) is 6.54 Å². The van der Waals surface area contributed by atoms with Crippen LogP contribution in [-0.2, 0) is 4.79 Å². The SMILES string of the molecule is NCCCCCCCCCC=CC(=O)NO. The summed E-state index contributed by atoms with van der Waals surface area (Å²) >= 11 is 0. The average molecular weight is 228 g/mol. The second-order valence-corrected chi connectivity index (χ2v) is 3.93. The van der Waals surface area contributed by atoms with Crippen LogP contribution in [0.3, 0.4) is 0 Å². The Kier molecular flexibility index (Phi) is 11.5. The van der Waals surface area contributed by atoms with Gasteiger partial charge in [-0.3, -0.25) is 10.0 Å². The van der Waals surface area contributed by atoms with Crippen LogP contribution in [0.2, 0.25) is 0 Å². The lowest BCUT2D eigenvalue weighted by atomic mass is 10.1. The summed E-state index contributed by atoms with van der Waals surface area (Å²) in [7, 11) is 0. The van der Waals surface area contributed by atoms with Gasteiger partial charge in [0.25, 0.3) is 5.91 Å². The van der Waals surface area contributed by atoms with Gasteiger partial charge in [0, 0.05) is 6.08 Å². The number of hydrogen-bond acceptors (Lipinski definition) is 3. The molecule has 0 saturated carbocycles. The number of carbonyl (C=O) groups is 1. The maximum atomic E-state index is 10.6. The van der Waals surface area contributed by atoms with Crippen LogP contribution in [0.5, 0.6) is 0 Å². The molecular formula is C12H24N2O2. The monoisotopic (exact) mass is 228 g/mol. The van der Waals surface area contributed by atoms with E-state index in [-0.39, 0.29) is 0 Å². The largest absolute Gasteiger partial charge is 0.330 e. The highest BCUT2D eigenvalue weighted by Gasteiger charge is 1.91. The van der Waals surface area contributed by atoms with Crippen LogP contribution in [0.15, 0.2) is 12.2 Å². The lowest BCUT2D eigenvalue weighted by Gasteiger charge is -1.99. The molecule has 1 amide bonds. The summed E-state index contributed by atoms with van der Waals surface area (Å²) in [5, 5.41) is 8.22. The molecular weight excluding hydrogens is 204 g/mol. The van der Waals surface area contributed by atoms with Gasteiger partial charge in [-0.1, -0.05) is 38.2 Å². The molecule has 0 unspecified atom stereocenters. The Morgan fingerprint density at radius 1 is 1.06 bits per heavy atom. The lowest BCUT2D eigenvalue weighted by Crippen LogP contribution is -2.14. The molecule has 0 spiro atoms. The molecule has 0 heterocycles. The van der Waals surface area contributed by atoms with Crippen LogP contribution in [0.1, 0.15) is 51.4 Å². The van der Waals surface area contributed by atoms with Gasteiger partial charge in [-0.15, -0.1) is 0 Å². The topological polar surface area (TPSA) is 75.4 Å². The standard InChI is InChI=1S/C12H24N2O2/c13-11-9-7-5-3-1-2-4-6-8-10-12(15)14-16/h8,10,16H,1-7,9,11,13H2,(H,14,15). The Labute approximate surface area is 97.9 Å². The Morgan fingerprint density at radius 2 is 1.62 bits per heavy atom. The molecule has 0 radical (unpaired) electrons. The quantitative estimate of drug-likeness (QED) is 0.232. The first kappa shape index (κ1) is 15.1. The predicted octanol–water partition coefficient (Wildman–Crippen LogP) is 2.13. The summed E-state index contributed by atoms with van der Waals surface area (Å²) in [5.74, 6) is -0.457. The number of hydrogen-bond donors (Lipinski definition) is 3. The highest BCUT2D eigenvalue weighted by atomic mass is 16.5. The van der Waals surface area contributed by atoms with Crippen molar-refractivity contribution in [3.63, 3.8) is 0 Å². The third-order valence-corrected chi connectivity index (χ3v) is 2.45. The summed E-state index contributed by atoms with van der Waals surface area (Å²) in [6.45, 7) is 0.803. The number of unbranched alkanes of at least 4 members (excludes halogenated alkanes) is 7. The highest BCUT2D eigenvalue weighted by molar-refractivity contribution is 5.86. The fraction of sp³-hybridized carbons (Fsp3) is 0.750. The van der Waals surface area contributed by atoms with Crippen molar-refractivity contribution >= 4 is 5.91 Å². The minimum atomic E-state index is -0.457. The number of carbonyl (C=O) groups excluding carboxylic acids is 1. The number of nitrogens with two attached hydrogens (primary N) is 1. The van der Waals surface area contributed by atoms with E-state index < -0.39 is 5.91 Å². The van der Waals surface area contributed by atoms with Crippen LogP contribution in [-0.4, -0.2) is 17.7 Å². The van der Waals surface area contributed by atoms with Crippen molar-refractivity contribution in [3.8, 4) is 0 Å². The van der Waals surface area contributed by atoms with Gasteiger partial charge >= 0.3 is 0 Å². The van der Waals surface area contributed by atoms with Crippen LogP contribution < -0.4 is 11.2 Å². The number of nitrogens with one attached hydrogen (secondary N) is 1. The van der Waals surface area contributed by atoms with Crippen LogP contribution in [0.4, 0.5) is 0 Å². The zero-order chi connectivity index (χ0) is 12.1. The van der Waals surface area contributed by atoms with Crippen molar-refractivity contribution in [2.24, 2.45) is 5.73 Å². The first-order valence-electron chi connectivity index (χ1n) is 6.12. The molecule has 0 aromatic heterocycles. The Bertz CT molecular complexity index is 193. The fourth-order valence-electron chi connectivity index (χ4n) is 1.52. The molecule has 0 aliphatic carbocycles. The maximum Gasteiger partial charge on any atom is 0.267 e. The van der Waals surface area contributed by atoms with E-state index in [2.05, 4.69) is 0 Å². The van der Waals surface area contributed by atoms with E-state index in [0.717, 1.165) is 25.8 Å². The summed E-state index contributed by atoms with van der Waals surface area (Å²) in [6.07, 6.45) is 12.6. The molecule has 0 saturated heterocycles. The van der Waals surface area contributed by atoms with E-state index in [4.69, 9.17) is 10.9 Å². The average Bonchev–Trinajstić information content (AvgIpc) is 2.31. The Morgan fingerprint density at radius 3 is 2.19 bits per heavy atom. The molecule has 94 valence electrons. The third-order valence-electron chi connectivity index (χ3n) is 2.45. The van der Waals surface area contributed by atoms with E-state index in [1.807, 2.05) is 0 Å². The van der Waals surface area contributed by atoms with Crippen LogP contribution in [0.25, 0.3) is 0 Å². The Hall–Kier alpha value is -0.870. The molecule has 0 atom stereocenters. The molecule has 16 heavy (non-hydrogen) atoms. The van der Waals surface area contributed by atoms with Gasteiger partial charge in [-0.05, 0) is 25.8 Å². The zero-order valence-electron chi connectivity index (χ0n) is 9.95. The van der Waals surface area contributed by atoms with Crippen molar-refractivity contribution in [2.45, 2.75) is 51.4 Å². The minimum absolute atomic E-state index is 0.457. The first-order chi connectivity index (χ1) is 7.81. The number of hydroxylamine groups is 1. The van der Waals surface area contributed by atoms with E-state index in [1.165, 1.54) is 38.2 Å². The second-order valence-electron chi connectivity index (χ2n) is 3.93. The summed E-state index contributed by atoms with van der Waals surface area (Å²) < 4.78 is 0. The van der Waals surface area contributed by atoms with Gasteiger partial charge in [-0.25, -0.2) is 5.48 Å². The second kappa shape index (κ2) is 12.2. The molecule has 0 bridgehead atoms. The van der Waals surface area contributed by atoms with Gasteiger partial charge in [0.05, 0.1) is 0 Å². The molecule has 0 aromatic rings. The van der Waals surface area contributed by atoms with E-state index in [9.17, 15) is 4.79 Å². The van der Waals surface area contributed by atoms with Crippen molar-refractivity contribution in [1.29, 1.82) is 0 Å². The zero-order valence-corrected chi connectivity index (χ0v) is 9.95. The smallest absolute Gasteiger partial charge is 0.267 e. The van der Waals surface area contributed by atoms with Gasteiger partial charge in [0.15, 0.2) is 0 Å². The van der Waals surface area contributed by atoms with Crippen molar-refractivity contribution in [3.05, 3.63) is 12.2 Å². The molecule has 0 aliphatic heterocycles. The van der Waals surface area contributed by atoms with Gasteiger partial charge in [0.1, 0.15) is 0 Å². The molecule has 0 rings (SSSR count). The van der Waals surface area contributed by atoms with Crippen molar-refractivity contribution in [1.82, 2.24) is 5.48 Å². The first-order valence-corrected chi connectivity index (χ1v) is 6.12. The maximum absolute atomic E-state index is 10.6. The molecule has 0 aliphatic rings. The predicted molar refractivity (Wildman–Crippen MR) is 65.1 cm³/mol. The van der Waals surface area contributed by atoms with E-state index in [1.54, 1.807) is 11.6 Å². The number of amides is 1. The number of rotatable bonds is 10. The highest BCUT2D eigenvalue weighted by Crippen LogP contribution is 2.08. The van der Waals surface area contributed by atoms with Crippen LogP contribution >= 0.6 is 0 Å². The van der Waals surface area contributed by atoms with Crippen molar-refractivity contribution < 1.29 is 10.0 Å². The van der Waals surface area contributed by atoms with Gasteiger partial charge in [0.2, 0.25) is 0 Å². The summed E-state index contributed by atoms with van der Waals surface area (Å²) in [5.41, 5.74) is 6.96. The molecule has 4 N–H and O–H groups in total. The lowest BCUT2D eigenvalue weighted by molar-refractivity contribution is -0.124. The summed E-state index contributed by atoms with van der Waals surface area (Å²) in [4.78, 5) is 10.6. The van der Waals surface area contributed by atoms with Gasteiger partial charge in [-0.2, -0.15) is 0 Å². The Balaban J connectivity index is 3.09. The van der Waals surface area contributed by atoms with E-state index in [0.29, 0.717) is 0 Å².